The number of hydrogen-bond donors (Lipinski definition) is 4. The molecule has 0 bridgehead atoms. The Kier molecular flexibility index (Phi) is 5.54. The number of halogens is 2. The van der Waals surface area contributed by atoms with E-state index in [1.807, 2.05) is 6.07 Å². The first-order chi connectivity index (χ1) is 13.9. The molecule has 2 aromatic heterocycles. The van der Waals surface area contributed by atoms with Crippen molar-refractivity contribution in [3.05, 3.63) is 46.7 Å². The van der Waals surface area contributed by atoms with E-state index in [0.29, 0.717) is 33.5 Å². The summed E-state index contributed by atoms with van der Waals surface area (Å²) in [6.07, 6.45) is 3.34. The number of urea groups is 1. The lowest BCUT2D eigenvalue weighted by atomic mass is 10.1. The molecular weight excluding hydrogens is 411 g/mol. The number of pyridine rings is 1. The maximum absolute atomic E-state index is 12.4. The number of carbonyl (C=O) groups excluding carboxylic acids is 1. The van der Waals surface area contributed by atoms with Crippen molar-refractivity contribution in [1.29, 1.82) is 0 Å². The molecule has 1 aliphatic rings. The first-order valence-electron chi connectivity index (χ1n) is 9.40. The molecule has 9 heteroatoms. The van der Waals surface area contributed by atoms with Crippen molar-refractivity contribution in [2.75, 3.05) is 28.6 Å². The maximum Gasteiger partial charge on any atom is 0.323 e. The second-order valence-corrected chi connectivity index (χ2v) is 8.22. The van der Waals surface area contributed by atoms with Gasteiger partial charge in [0.25, 0.3) is 0 Å². The molecule has 29 heavy (non-hydrogen) atoms. The van der Waals surface area contributed by atoms with Crippen LogP contribution in [0.3, 0.4) is 0 Å². The van der Waals surface area contributed by atoms with E-state index in [1.165, 1.54) is 0 Å². The van der Waals surface area contributed by atoms with Crippen LogP contribution in [0.5, 0.6) is 0 Å². The van der Waals surface area contributed by atoms with Gasteiger partial charge in [0.15, 0.2) is 0 Å². The van der Waals surface area contributed by atoms with Gasteiger partial charge >= 0.3 is 6.03 Å². The molecule has 1 fully saturated rings. The number of fused-ring (bicyclic) bond motifs is 1. The molecule has 0 unspecified atom stereocenters. The first kappa shape index (κ1) is 19.8. The molecule has 2 atom stereocenters. The van der Waals surface area contributed by atoms with E-state index in [4.69, 9.17) is 23.2 Å². The molecule has 0 aliphatic carbocycles. The summed E-state index contributed by atoms with van der Waals surface area (Å²) in [6, 6.07) is 7.48. The van der Waals surface area contributed by atoms with Crippen molar-refractivity contribution in [2.45, 2.75) is 25.9 Å². The van der Waals surface area contributed by atoms with Gasteiger partial charge in [-0.15, -0.1) is 0 Å². The number of aromatic amines is 1. The number of aromatic nitrogens is 2. The Morgan fingerprint density at radius 1 is 1.17 bits per heavy atom. The first-order valence-corrected chi connectivity index (χ1v) is 10.2. The summed E-state index contributed by atoms with van der Waals surface area (Å²) in [7, 11) is 0. The Balaban J connectivity index is 1.46. The van der Waals surface area contributed by atoms with Crippen LogP contribution in [0.4, 0.5) is 22.0 Å². The smallest absolute Gasteiger partial charge is 0.323 e. The van der Waals surface area contributed by atoms with E-state index >= 15 is 0 Å². The van der Waals surface area contributed by atoms with Gasteiger partial charge in [-0.05, 0) is 38.1 Å². The molecule has 2 amide bonds. The zero-order valence-electron chi connectivity index (χ0n) is 16.1. The van der Waals surface area contributed by atoms with Crippen molar-refractivity contribution in [3.63, 3.8) is 0 Å². The quantitative estimate of drug-likeness (QED) is 0.483. The lowest BCUT2D eigenvalue weighted by molar-refractivity contribution is 0.262. The fourth-order valence-corrected chi connectivity index (χ4v) is 4.17. The summed E-state index contributed by atoms with van der Waals surface area (Å²) in [5, 5.41) is 11.0. The number of hydrogen-bond acceptors (Lipinski definition) is 4. The van der Waals surface area contributed by atoms with Crippen LogP contribution >= 0.6 is 23.2 Å². The molecular formula is C20H22Cl2N6O. The predicted molar refractivity (Wildman–Crippen MR) is 119 cm³/mol. The number of piperazine rings is 1. The van der Waals surface area contributed by atoms with Crippen LogP contribution in [0.15, 0.2) is 36.7 Å². The van der Waals surface area contributed by atoms with E-state index in [0.717, 1.165) is 29.8 Å². The predicted octanol–water partition coefficient (Wildman–Crippen LogP) is 4.70. The minimum atomic E-state index is -0.388. The van der Waals surface area contributed by atoms with Gasteiger partial charge in [0.2, 0.25) is 0 Å². The number of rotatable bonds is 3. The average molecular weight is 433 g/mol. The number of benzene rings is 1. The van der Waals surface area contributed by atoms with Gasteiger partial charge in [-0.3, -0.25) is 0 Å². The molecule has 1 aromatic carbocycles. The molecule has 3 aromatic rings. The number of amides is 2. The minimum Gasteiger partial charge on any atom is -0.359 e. The van der Waals surface area contributed by atoms with Gasteiger partial charge < -0.3 is 25.8 Å². The zero-order valence-corrected chi connectivity index (χ0v) is 17.6. The van der Waals surface area contributed by atoms with Gasteiger partial charge in [-0.2, -0.15) is 0 Å². The Labute approximate surface area is 178 Å². The lowest BCUT2D eigenvalue weighted by Gasteiger charge is -2.37. The summed E-state index contributed by atoms with van der Waals surface area (Å²) < 4.78 is 0. The lowest BCUT2D eigenvalue weighted by Crippen LogP contribution is -2.54. The highest BCUT2D eigenvalue weighted by molar-refractivity contribution is 6.33. The standard InChI is InChI=1S/C20H22Cl2N6O/c1-11-9-28(10-12(2)25-11)19-16(22)6-14(7-24-19)26-20(29)27-18-8-23-17-4-3-13(21)5-15(17)18/h3-8,11-12,23,25H,9-10H2,1-2H3,(H2,26,27,29)/t11-,12+. The van der Waals surface area contributed by atoms with Crippen molar-refractivity contribution in [1.82, 2.24) is 15.3 Å². The highest BCUT2D eigenvalue weighted by Gasteiger charge is 2.23. The van der Waals surface area contributed by atoms with Crippen LogP contribution < -0.4 is 20.9 Å². The van der Waals surface area contributed by atoms with Gasteiger partial charge in [0.1, 0.15) is 5.82 Å². The topological polar surface area (TPSA) is 85.1 Å². The van der Waals surface area contributed by atoms with Crippen molar-refractivity contribution in [2.24, 2.45) is 0 Å². The van der Waals surface area contributed by atoms with Crippen LogP contribution in [0.25, 0.3) is 10.9 Å². The van der Waals surface area contributed by atoms with Gasteiger partial charge in [-0.25, -0.2) is 9.78 Å². The summed E-state index contributed by atoms with van der Waals surface area (Å²) in [5.74, 6) is 0.726. The monoisotopic (exact) mass is 432 g/mol. The van der Waals surface area contributed by atoms with Crippen molar-refractivity contribution in [3.8, 4) is 0 Å². The molecule has 4 rings (SSSR count). The molecule has 0 spiro atoms. The fourth-order valence-electron chi connectivity index (χ4n) is 3.71. The second-order valence-electron chi connectivity index (χ2n) is 7.37. The minimum absolute atomic E-state index is 0.352. The van der Waals surface area contributed by atoms with Crippen LogP contribution in [0.1, 0.15) is 13.8 Å². The third-order valence-electron chi connectivity index (χ3n) is 4.83. The normalized spacial score (nSPS) is 19.4. The zero-order chi connectivity index (χ0) is 20.5. The van der Waals surface area contributed by atoms with Crippen LogP contribution in [0, 0.1) is 0 Å². The summed E-state index contributed by atoms with van der Waals surface area (Å²) in [4.78, 5) is 22.2. The van der Waals surface area contributed by atoms with Crippen molar-refractivity contribution < 1.29 is 4.79 Å². The second kappa shape index (κ2) is 8.10. The third-order valence-corrected chi connectivity index (χ3v) is 5.34. The van der Waals surface area contributed by atoms with Crippen LogP contribution in [0.2, 0.25) is 10.0 Å². The summed E-state index contributed by atoms with van der Waals surface area (Å²) >= 11 is 12.5. The third kappa shape index (κ3) is 4.42. The Hall–Kier alpha value is -2.48. The molecule has 152 valence electrons. The molecule has 1 saturated heterocycles. The highest BCUT2D eigenvalue weighted by atomic mass is 35.5. The highest BCUT2D eigenvalue weighted by Crippen LogP contribution is 2.29. The van der Waals surface area contributed by atoms with E-state index in [9.17, 15) is 4.79 Å². The number of nitrogens with zero attached hydrogens (tertiary/aromatic N) is 2. The van der Waals surface area contributed by atoms with E-state index < -0.39 is 0 Å². The number of anilines is 3. The maximum atomic E-state index is 12.4. The average Bonchev–Trinajstić information content (AvgIpc) is 3.03. The van der Waals surface area contributed by atoms with Crippen LogP contribution in [-0.4, -0.2) is 41.2 Å². The molecule has 7 nitrogen and oxygen atoms in total. The van der Waals surface area contributed by atoms with Crippen molar-refractivity contribution >= 4 is 57.3 Å². The van der Waals surface area contributed by atoms with E-state index in [1.54, 1.807) is 30.6 Å². The number of carbonyl (C=O) groups is 1. The van der Waals surface area contributed by atoms with Gasteiger partial charge in [0.05, 0.1) is 22.6 Å². The molecule has 0 saturated carbocycles. The summed E-state index contributed by atoms with van der Waals surface area (Å²) in [6.45, 7) is 5.92. The number of nitrogens with one attached hydrogen (secondary N) is 4. The van der Waals surface area contributed by atoms with Gasteiger partial charge in [-0.1, -0.05) is 23.2 Å². The Morgan fingerprint density at radius 2 is 1.93 bits per heavy atom. The van der Waals surface area contributed by atoms with Crippen LogP contribution in [-0.2, 0) is 0 Å². The SMILES string of the molecule is C[C@@H]1CN(c2ncc(NC(=O)Nc3c[nH]c4ccc(Cl)cc34)cc2Cl)C[C@H](C)N1. The molecule has 4 N–H and O–H groups in total. The Morgan fingerprint density at radius 3 is 2.66 bits per heavy atom. The molecule has 1 aliphatic heterocycles. The fraction of sp³-hybridized carbons (Fsp3) is 0.300. The van der Waals surface area contributed by atoms with E-state index in [2.05, 4.69) is 44.7 Å². The summed E-state index contributed by atoms with van der Waals surface area (Å²) in [5.41, 5.74) is 2.04. The molecule has 3 heterocycles. The molecule has 0 radical (unpaired) electrons. The Bertz CT molecular complexity index is 1040. The van der Waals surface area contributed by atoms with E-state index in [-0.39, 0.29) is 6.03 Å². The van der Waals surface area contributed by atoms with Gasteiger partial charge in [0, 0.05) is 47.3 Å². The largest absolute Gasteiger partial charge is 0.359 e. The number of H-pyrrole nitrogens is 1.